The van der Waals surface area contributed by atoms with Crippen LogP contribution < -0.4 is 5.32 Å². The van der Waals surface area contributed by atoms with Crippen LogP contribution in [0.25, 0.3) is 0 Å². The summed E-state index contributed by atoms with van der Waals surface area (Å²) in [5, 5.41) is 12.5. The number of hydrogen-bond acceptors (Lipinski definition) is 3. The summed E-state index contributed by atoms with van der Waals surface area (Å²) in [4.78, 5) is 2.59. The van der Waals surface area contributed by atoms with Crippen LogP contribution in [0.2, 0.25) is 0 Å². The second-order valence-corrected chi connectivity index (χ2v) is 5.07. The molecule has 0 aliphatic carbocycles. The van der Waals surface area contributed by atoms with Crippen LogP contribution in [0.3, 0.4) is 0 Å². The molecule has 0 bridgehead atoms. The molecule has 88 valence electrons. The zero-order valence-electron chi connectivity index (χ0n) is 9.62. The quantitative estimate of drug-likeness (QED) is 0.724. The van der Waals surface area contributed by atoms with Crippen molar-refractivity contribution in [3.05, 3.63) is 0 Å². The van der Waals surface area contributed by atoms with Crippen LogP contribution in [-0.4, -0.2) is 48.8 Å². The fraction of sp³-hybridized carbons (Fsp3) is 1.00. The van der Waals surface area contributed by atoms with E-state index in [0.717, 1.165) is 18.4 Å². The predicted octanol–water partition coefficient (Wildman–Crippen LogP) is 0.833. The third kappa shape index (κ3) is 3.44. The highest BCUT2D eigenvalue weighted by molar-refractivity contribution is 4.81. The average Bonchev–Trinajstić information content (AvgIpc) is 2.71. The molecule has 0 spiro atoms. The fourth-order valence-electron chi connectivity index (χ4n) is 2.96. The van der Waals surface area contributed by atoms with E-state index in [1.165, 1.54) is 51.9 Å². The van der Waals surface area contributed by atoms with Gasteiger partial charge in [-0.15, -0.1) is 0 Å². The minimum Gasteiger partial charge on any atom is -0.396 e. The van der Waals surface area contributed by atoms with E-state index in [-0.39, 0.29) is 0 Å². The van der Waals surface area contributed by atoms with E-state index >= 15 is 0 Å². The lowest BCUT2D eigenvalue weighted by Gasteiger charge is -2.34. The van der Waals surface area contributed by atoms with Crippen LogP contribution in [0.1, 0.15) is 32.1 Å². The molecule has 2 atom stereocenters. The van der Waals surface area contributed by atoms with Crippen molar-refractivity contribution in [1.82, 2.24) is 10.2 Å². The number of likely N-dealkylation sites (tertiary alicyclic amines) is 1. The van der Waals surface area contributed by atoms with Crippen molar-refractivity contribution < 1.29 is 5.11 Å². The highest BCUT2D eigenvalue weighted by Crippen LogP contribution is 2.20. The number of nitrogens with one attached hydrogen (secondary N) is 1. The molecule has 0 aromatic heterocycles. The van der Waals surface area contributed by atoms with E-state index in [2.05, 4.69) is 10.2 Å². The van der Waals surface area contributed by atoms with E-state index in [9.17, 15) is 0 Å². The van der Waals surface area contributed by atoms with Crippen LogP contribution in [0.4, 0.5) is 0 Å². The van der Waals surface area contributed by atoms with Gasteiger partial charge in [0.1, 0.15) is 0 Å². The molecule has 2 heterocycles. The summed E-state index contributed by atoms with van der Waals surface area (Å²) in [6, 6.07) is 0.734. The summed E-state index contributed by atoms with van der Waals surface area (Å²) in [6.45, 7) is 5.26. The Morgan fingerprint density at radius 1 is 1.27 bits per heavy atom. The molecule has 2 aliphatic heterocycles. The monoisotopic (exact) mass is 212 g/mol. The van der Waals surface area contributed by atoms with E-state index in [4.69, 9.17) is 5.11 Å². The second kappa shape index (κ2) is 5.83. The van der Waals surface area contributed by atoms with Gasteiger partial charge < -0.3 is 15.3 Å². The minimum absolute atomic E-state index is 0.361. The zero-order valence-corrected chi connectivity index (χ0v) is 9.62. The Bertz CT molecular complexity index is 178. The third-order valence-corrected chi connectivity index (χ3v) is 3.78. The molecule has 0 radical (unpaired) electrons. The van der Waals surface area contributed by atoms with Gasteiger partial charge in [0.25, 0.3) is 0 Å². The lowest BCUT2D eigenvalue weighted by atomic mass is 9.95. The number of rotatable bonds is 4. The number of piperidine rings is 1. The van der Waals surface area contributed by atoms with Gasteiger partial charge in [0.05, 0.1) is 0 Å². The molecular weight excluding hydrogens is 188 g/mol. The fourth-order valence-corrected chi connectivity index (χ4v) is 2.96. The highest BCUT2D eigenvalue weighted by atomic mass is 16.3. The molecule has 0 aromatic carbocycles. The van der Waals surface area contributed by atoms with Crippen molar-refractivity contribution in [2.45, 2.75) is 38.1 Å². The van der Waals surface area contributed by atoms with Gasteiger partial charge in [0.2, 0.25) is 0 Å². The first-order valence-corrected chi connectivity index (χ1v) is 6.45. The molecule has 0 amide bonds. The Hall–Kier alpha value is -0.120. The number of aliphatic hydroxyl groups is 1. The van der Waals surface area contributed by atoms with Gasteiger partial charge in [0.15, 0.2) is 0 Å². The molecule has 0 saturated carbocycles. The number of hydrogen-bond donors (Lipinski definition) is 2. The molecule has 3 nitrogen and oxygen atoms in total. The highest BCUT2D eigenvalue weighted by Gasteiger charge is 2.23. The smallest absolute Gasteiger partial charge is 0.0434 e. The van der Waals surface area contributed by atoms with Crippen molar-refractivity contribution in [2.75, 3.05) is 32.8 Å². The van der Waals surface area contributed by atoms with Gasteiger partial charge >= 0.3 is 0 Å². The Kier molecular flexibility index (Phi) is 4.42. The average molecular weight is 212 g/mol. The van der Waals surface area contributed by atoms with Crippen LogP contribution in [-0.2, 0) is 0 Å². The maximum atomic E-state index is 8.96. The van der Waals surface area contributed by atoms with Gasteiger partial charge in [-0.1, -0.05) is 0 Å². The molecule has 0 aromatic rings. The summed E-state index contributed by atoms with van der Waals surface area (Å²) in [5.41, 5.74) is 0. The van der Waals surface area contributed by atoms with Crippen LogP contribution in [0.15, 0.2) is 0 Å². The van der Waals surface area contributed by atoms with Gasteiger partial charge in [-0.2, -0.15) is 0 Å². The first-order valence-electron chi connectivity index (χ1n) is 6.45. The largest absolute Gasteiger partial charge is 0.396 e. The lowest BCUT2D eigenvalue weighted by molar-refractivity contribution is 0.139. The minimum atomic E-state index is 0.361. The van der Waals surface area contributed by atoms with E-state index in [0.29, 0.717) is 6.61 Å². The molecular formula is C12H24N2O. The van der Waals surface area contributed by atoms with Crippen molar-refractivity contribution in [3.63, 3.8) is 0 Å². The first-order chi connectivity index (χ1) is 7.38. The molecule has 2 aliphatic rings. The van der Waals surface area contributed by atoms with Crippen LogP contribution in [0, 0.1) is 5.92 Å². The molecule has 2 fully saturated rings. The maximum absolute atomic E-state index is 8.96. The van der Waals surface area contributed by atoms with Crippen molar-refractivity contribution in [2.24, 2.45) is 5.92 Å². The first kappa shape index (κ1) is 11.4. The van der Waals surface area contributed by atoms with Crippen molar-refractivity contribution in [1.29, 1.82) is 0 Å². The Morgan fingerprint density at radius 2 is 2.20 bits per heavy atom. The molecule has 2 N–H and O–H groups in total. The molecule has 2 rings (SSSR count). The maximum Gasteiger partial charge on any atom is 0.0434 e. The standard InChI is InChI=1S/C12H24N2O/c15-8-5-11-3-2-7-14(9-11)10-12-4-1-6-13-12/h11-13,15H,1-10H2/t11?,12-/m0/s1. The van der Waals surface area contributed by atoms with Gasteiger partial charge in [-0.3, -0.25) is 0 Å². The summed E-state index contributed by atoms with van der Waals surface area (Å²) < 4.78 is 0. The van der Waals surface area contributed by atoms with Gasteiger partial charge in [-0.05, 0) is 51.1 Å². The number of aliphatic hydroxyl groups excluding tert-OH is 1. The SMILES string of the molecule is OCCC1CCCN(C[C@@H]2CCCN2)C1. The van der Waals surface area contributed by atoms with E-state index < -0.39 is 0 Å². The lowest BCUT2D eigenvalue weighted by Crippen LogP contribution is -2.43. The Labute approximate surface area is 92.8 Å². The second-order valence-electron chi connectivity index (χ2n) is 5.07. The molecule has 2 saturated heterocycles. The van der Waals surface area contributed by atoms with Gasteiger partial charge in [0, 0.05) is 25.7 Å². The summed E-state index contributed by atoms with van der Waals surface area (Å²) in [6.07, 6.45) is 6.32. The van der Waals surface area contributed by atoms with Crippen molar-refractivity contribution >= 4 is 0 Å². The Balaban J connectivity index is 1.71. The third-order valence-electron chi connectivity index (χ3n) is 3.78. The van der Waals surface area contributed by atoms with Crippen LogP contribution >= 0.6 is 0 Å². The summed E-state index contributed by atoms with van der Waals surface area (Å²) >= 11 is 0. The van der Waals surface area contributed by atoms with E-state index in [1.54, 1.807) is 0 Å². The zero-order chi connectivity index (χ0) is 10.5. The number of nitrogens with zero attached hydrogens (tertiary/aromatic N) is 1. The van der Waals surface area contributed by atoms with E-state index in [1.807, 2.05) is 0 Å². The molecule has 1 unspecified atom stereocenters. The molecule has 15 heavy (non-hydrogen) atoms. The molecule has 3 heteroatoms. The summed E-state index contributed by atoms with van der Waals surface area (Å²) in [5.74, 6) is 0.741. The normalized spacial score (nSPS) is 33.4. The summed E-state index contributed by atoms with van der Waals surface area (Å²) in [7, 11) is 0. The Morgan fingerprint density at radius 3 is 2.93 bits per heavy atom. The predicted molar refractivity (Wildman–Crippen MR) is 61.9 cm³/mol. The van der Waals surface area contributed by atoms with Crippen molar-refractivity contribution in [3.8, 4) is 0 Å². The van der Waals surface area contributed by atoms with Gasteiger partial charge in [-0.25, -0.2) is 0 Å². The van der Waals surface area contributed by atoms with Crippen LogP contribution in [0.5, 0.6) is 0 Å². The topological polar surface area (TPSA) is 35.5 Å².